The number of fused-ring (bicyclic) bond motifs is 2. The van der Waals surface area contributed by atoms with E-state index in [0.717, 1.165) is 19.0 Å². The summed E-state index contributed by atoms with van der Waals surface area (Å²) in [4.78, 5) is 0. The van der Waals surface area contributed by atoms with E-state index in [0.29, 0.717) is 23.0 Å². The minimum absolute atomic E-state index is 0.431. The van der Waals surface area contributed by atoms with Gasteiger partial charge in [0.1, 0.15) is 0 Å². The van der Waals surface area contributed by atoms with E-state index in [-0.39, 0.29) is 0 Å². The fourth-order valence-corrected chi connectivity index (χ4v) is 4.31. The molecule has 3 rings (SSSR count). The van der Waals surface area contributed by atoms with E-state index in [1.807, 2.05) is 0 Å². The zero-order valence-electron chi connectivity index (χ0n) is 10.9. The van der Waals surface area contributed by atoms with Gasteiger partial charge in [0.15, 0.2) is 0 Å². The Kier molecular flexibility index (Phi) is 2.38. The Morgan fingerprint density at radius 3 is 2.50 bits per heavy atom. The van der Waals surface area contributed by atoms with Crippen molar-refractivity contribution >= 4 is 0 Å². The molecule has 0 radical (unpaired) electrons. The molecule has 0 aromatic heterocycles. The second-order valence-electron chi connectivity index (χ2n) is 6.85. The number of ether oxygens (including phenoxy) is 1. The maximum Gasteiger partial charge on any atom is 0.0715 e. The number of hydrogen-bond acceptors (Lipinski definition) is 2. The minimum atomic E-state index is 0.431. The zero-order chi connectivity index (χ0) is 11.4. The van der Waals surface area contributed by atoms with Crippen molar-refractivity contribution in [3.8, 4) is 0 Å². The summed E-state index contributed by atoms with van der Waals surface area (Å²) in [7, 11) is 0. The molecule has 1 aliphatic heterocycles. The molecule has 2 aliphatic carbocycles. The fraction of sp³-hybridized carbons (Fsp3) is 1.00. The van der Waals surface area contributed by atoms with Gasteiger partial charge in [-0.05, 0) is 49.0 Å². The van der Waals surface area contributed by atoms with Gasteiger partial charge < -0.3 is 10.1 Å². The molecule has 0 amide bonds. The lowest BCUT2D eigenvalue weighted by Crippen LogP contribution is -2.39. The van der Waals surface area contributed by atoms with E-state index in [1.54, 1.807) is 0 Å². The van der Waals surface area contributed by atoms with Gasteiger partial charge in [0.05, 0.1) is 12.2 Å². The third kappa shape index (κ3) is 1.32. The molecule has 3 aliphatic rings. The summed E-state index contributed by atoms with van der Waals surface area (Å²) in [5, 5.41) is 3.40. The van der Waals surface area contributed by atoms with Crippen LogP contribution in [0.25, 0.3) is 0 Å². The summed E-state index contributed by atoms with van der Waals surface area (Å²) >= 11 is 0. The minimum Gasteiger partial charge on any atom is -0.373 e. The standard InChI is InChI=1S/C14H25NO/c1-13(2)10-4-6-14(13,3)12(8-10)16-11-5-7-15-9-11/h10-12,15H,4-9H2,1-3H3/t10?,11-,12?,14?/m0/s1. The molecule has 4 atom stereocenters. The molecule has 2 heteroatoms. The average molecular weight is 223 g/mol. The van der Waals surface area contributed by atoms with Crippen molar-refractivity contribution < 1.29 is 4.74 Å². The van der Waals surface area contributed by atoms with E-state index in [2.05, 4.69) is 26.1 Å². The van der Waals surface area contributed by atoms with Crippen LogP contribution >= 0.6 is 0 Å². The van der Waals surface area contributed by atoms with E-state index in [4.69, 9.17) is 4.74 Å². The molecule has 3 fully saturated rings. The van der Waals surface area contributed by atoms with Crippen LogP contribution in [-0.4, -0.2) is 25.3 Å². The Labute approximate surface area is 99.1 Å². The molecule has 1 heterocycles. The van der Waals surface area contributed by atoms with Gasteiger partial charge in [-0.15, -0.1) is 0 Å². The molecule has 2 nitrogen and oxygen atoms in total. The quantitative estimate of drug-likeness (QED) is 0.777. The normalized spacial score (nSPS) is 50.1. The Bertz CT molecular complexity index is 282. The largest absolute Gasteiger partial charge is 0.373 e. The number of nitrogens with one attached hydrogen (secondary N) is 1. The summed E-state index contributed by atoms with van der Waals surface area (Å²) in [6.07, 6.45) is 6.31. The van der Waals surface area contributed by atoms with Crippen molar-refractivity contribution in [3.05, 3.63) is 0 Å². The molecule has 2 saturated carbocycles. The third-order valence-corrected chi connectivity index (χ3v) is 6.09. The highest BCUT2D eigenvalue weighted by molar-refractivity contribution is 5.11. The van der Waals surface area contributed by atoms with Crippen molar-refractivity contribution in [1.29, 1.82) is 0 Å². The lowest BCUT2D eigenvalue weighted by molar-refractivity contribution is -0.0793. The zero-order valence-corrected chi connectivity index (χ0v) is 10.9. The van der Waals surface area contributed by atoms with E-state index < -0.39 is 0 Å². The van der Waals surface area contributed by atoms with Crippen molar-refractivity contribution in [2.24, 2.45) is 16.7 Å². The summed E-state index contributed by atoms with van der Waals surface area (Å²) in [6.45, 7) is 9.59. The molecule has 16 heavy (non-hydrogen) atoms. The maximum atomic E-state index is 6.38. The lowest BCUT2D eigenvalue weighted by atomic mass is 9.70. The fourth-order valence-electron chi connectivity index (χ4n) is 4.31. The SMILES string of the molecule is CC1(C)C2CCC1(C)C(O[C@H]1CCNC1)C2. The first-order valence-electron chi connectivity index (χ1n) is 6.90. The smallest absolute Gasteiger partial charge is 0.0715 e. The lowest BCUT2D eigenvalue weighted by Gasteiger charge is -2.39. The van der Waals surface area contributed by atoms with Gasteiger partial charge in [-0.2, -0.15) is 0 Å². The number of hydrogen-bond donors (Lipinski definition) is 1. The van der Waals surface area contributed by atoms with Crippen molar-refractivity contribution in [2.75, 3.05) is 13.1 Å². The van der Waals surface area contributed by atoms with E-state index in [1.165, 1.54) is 25.7 Å². The molecule has 0 aromatic rings. The van der Waals surface area contributed by atoms with Crippen LogP contribution in [0.1, 0.15) is 46.5 Å². The Hall–Kier alpha value is -0.0800. The highest BCUT2D eigenvalue weighted by atomic mass is 16.5. The number of rotatable bonds is 2. The van der Waals surface area contributed by atoms with Crippen LogP contribution in [0.4, 0.5) is 0 Å². The van der Waals surface area contributed by atoms with E-state index in [9.17, 15) is 0 Å². The van der Waals surface area contributed by atoms with Crippen LogP contribution < -0.4 is 5.32 Å². The van der Waals surface area contributed by atoms with Gasteiger partial charge in [-0.1, -0.05) is 20.8 Å². The summed E-state index contributed by atoms with van der Waals surface area (Å²) < 4.78 is 6.38. The summed E-state index contributed by atoms with van der Waals surface area (Å²) in [6, 6.07) is 0. The van der Waals surface area contributed by atoms with Crippen molar-refractivity contribution in [1.82, 2.24) is 5.32 Å². The van der Waals surface area contributed by atoms with Crippen LogP contribution in [0.3, 0.4) is 0 Å². The van der Waals surface area contributed by atoms with Crippen LogP contribution in [0, 0.1) is 16.7 Å². The van der Waals surface area contributed by atoms with Gasteiger partial charge >= 0.3 is 0 Å². The predicted molar refractivity (Wildman–Crippen MR) is 65.4 cm³/mol. The molecule has 2 bridgehead atoms. The Morgan fingerprint density at radius 1 is 1.19 bits per heavy atom. The predicted octanol–water partition coefficient (Wildman–Crippen LogP) is 2.58. The molecular weight excluding hydrogens is 198 g/mol. The molecule has 1 N–H and O–H groups in total. The van der Waals surface area contributed by atoms with Crippen LogP contribution in [0.5, 0.6) is 0 Å². The topological polar surface area (TPSA) is 21.3 Å². The van der Waals surface area contributed by atoms with E-state index >= 15 is 0 Å². The van der Waals surface area contributed by atoms with Crippen LogP contribution in [0.15, 0.2) is 0 Å². The first kappa shape index (κ1) is 11.0. The van der Waals surface area contributed by atoms with Crippen molar-refractivity contribution in [2.45, 2.75) is 58.7 Å². The second-order valence-corrected chi connectivity index (χ2v) is 6.85. The summed E-state index contributed by atoms with van der Waals surface area (Å²) in [5.41, 5.74) is 0.921. The van der Waals surface area contributed by atoms with Crippen LogP contribution in [-0.2, 0) is 4.74 Å². The monoisotopic (exact) mass is 223 g/mol. The van der Waals surface area contributed by atoms with Gasteiger partial charge in [0, 0.05) is 6.54 Å². The van der Waals surface area contributed by atoms with Gasteiger partial charge in [0.25, 0.3) is 0 Å². The molecular formula is C14H25NO. The first-order chi connectivity index (χ1) is 7.54. The highest BCUT2D eigenvalue weighted by Crippen LogP contribution is 2.66. The average Bonchev–Trinajstić information content (AvgIpc) is 2.84. The Balaban J connectivity index is 1.74. The van der Waals surface area contributed by atoms with Crippen molar-refractivity contribution in [3.63, 3.8) is 0 Å². The second kappa shape index (κ2) is 3.46. The molecule has 1 saturated heterocycles. The van der Waals surface area contributed by atoms with Gasteiger partial charge in [0.2, 0.25) is 0 Å². The van der Waals surface area contributed by atoms with Gasteiger partial charge in [-0.25, -0.2) is 0 Å². The Morgan fingerprint density at radius 2 is 2.00 bits per heavy atom. The van der Waals surface area contributed by atoms with Gasteiger partial charge in [-0.3, -0.25) is 0 Å². The first-order valence-corrected chi connectivity index (χ1v) is 6.90. The molecule has 3 unspecified atom stereocenters. The molecule has 0 spiro atoms. The highest BCUT2D eigenvalue weighted by Gasteiger charge is 2.62. The van der Waals surface area contributed by atoms with Crippen LogP contribution in [0.2, 0.25) is 0 Å². The maximum absolute atomic E-state index is 6.38. The molecule has 0 aromatic carbocycles. The molecule has 92 valence electrons. The summed E-state index contributed by atoms with van der Waals surface area (Å²) in [5.74, 6) is 0.900. The third-order valence-electron chi connectivity index (χ3n) is 6.09.